The number of fused-ring (bicyclic) bond motifs is 1. The fraction of sp³-hybridized carbons (Fsp3) is 0.500. The molecule has 28 heavy (non-hydrogen) atoms. The molecule has 1 aromatic carbocycles. The molecule has 1 aromatic heterocycles. The number of rotatable bonds is 4. The molecule has 0 bridgehead atoms. The highest BCUT2D eigenvalue weighted by Crippen LogP contribution is 2.44. The molecular formula is C20H29Cl2N5O. The molecule has 8 heteroatoms. The maximum absolute atomic E-state index is 5.31. The normalized spacial score (nSPS) is 23.6. The number of hydrogen-bond acceptors (Lipinski definition) is 6. The summed E-state index contributed by atoms with van der Waals surface area (Å²) in [6.07, 6.45) is 0. The Kier molecular flexibility index (Phi) is 7.37. The van der Waals surface area contributed by atoms with Crippen molar-refractivity contribution in [1.29, 1.82) is 0 Å². The molecule has 2 aromatic rings. The van der Waals surface area contributed by atoms with Gasteiger partial charge in [0.05, 0.1) is 7.11 Å². The van der Waals surface area contributed by atoms with Crippen molar-refractivity contribution in [3.05, 3.63) is 41.6 Å². The number of halogens is 2. The van der Waals surface area contributed by atoms with Crippen LogP contribution in [0.5, 0.6) is 5.75 Å². The summed E-state index contributed by atoms with van der Waals surface area (Å²) in [6.45, 7) is 5.16. The molecule has 0 spiro atoms. The van der Waals surface area contributed by atoms with Gasteiger partial charge in [-0.1, -0.05) is 12.1 Å². The Bertz CT molecular complexity index is 789. The summed E-state index contributed by atoms with van der Waals surface area (Å²) in [5.41, 5.74) is 2.36. The maximum atomic E-state index is 5.31. The fourth-order valence-electron chi connectivity index (χ4n) is 4.55. The van der Waals surface area contributed by atoms with E-state index < -0.39 is 0 Å². The summed E-state index contributed by atoms with van der Waals surface area (Å²) in [5, 5.41) is 3.14. The van der Waals surface area contributed by atoms with Crippen LogP contribution in [0.1, 0.15) is 17.3 Å². The van der Waals surface area contributed by atoms with Crippen molar-refractivity contribution >= 4 is 36.6 Å². The van der Waals surface area contributed by atoms with Gasteiger partial charge in [-0.3, -0.25) is 4.90 Å². The smallest absolute Gasteiger partial charge is 0.227 e. The van der Waals surface area contributed by atoms with Crippen molar-refractivity contribution in [3.8, 4) is 5.75 Å². The molecule has 2 aliphatic rings. The Morgan fingerprint density at radius 2 is 1.79 bits per heavy atom. The lowest BCUT2D eigenvalue weighted by atomic mass is 9.89. The Hall–Kier alpha value is -1.76. The topological polar surface area (TPSA) is 53.5 Å². The SMILES string of the molecule is CNc1cc(C)nc(N2C[C@@H]3CN(C)[C@H](c4ccc(OC)cc4)[C@@H]3C2)n1.Cl.Cl. The molecule has 2 saturated heterocycles. The van der Waals surface area contributed by atoms with Crippen LogP contribution >= 0.6 is 24.8 Å². The Labute approximate surface area is 179 Å². The molecule has 2 aliphatic heterocycles. The van der Waals surface area contributed by atoms with Gasteiger partial charge in [-0.05, 0) is 37.6 Å². The zero-order valence-corrected chi connectivity index (χ0v) is 18.4. The molecule has 6 nitrogen and oxygen atoms in total. The number of benzene rings is 1. The summed E-state index contributed by atoms with van der Waals surface area (Å²) < 4.78 is 5.31. The number of nitrogens with zero attached hydrogens (tertiary/aromatic N) is 4. The van der Waals surface area contributed by atoms with Crippen molar-refractivity contribution in [1.82, 2.24) is 14.9 Å². The first-order valence-electron chi connectivity index (χ1n) is 9.21. The molecule has 0 amide bonds. The monoisotopic (exact) mass is 425 g/mol. The van der Waals surface area contributed by atoms with E-state index >= 15 is 0 Å². The molecule has 0 aliphatic carbocycles. The minimum atomic E-state index is 0. The van der Waals surface area contributed by atoms with E-state index in [1.54, 1.807) is 7.11 Å². The van der Waals surface area contributed by atoms with Crippen LogP contribution in [0.3, 0.4) is 0 Å². The lowest BCUT2D eigenvalue weighted by Crippen LogP contribution is -2.30. The van der Waals surface area contributed by atoms with Gasteiger partial charge in [-0.25, -0.2) is 4.98 Å². The highest BCUT2D eigenvalue weighted by atomic mass is 35.5. The second-order valence-electron chi connectivity index (χ2n) is 7.43. The van der Waals surface area contributed by atoms with Gasteiger partial charge < -0.3 is 15.0 Å². The molecule has 4 rings (SSSR count). The van der Waals surface area contributed by atoms with Gasteiger partial charge in [0, 0.05) is 50.4 Å². The quantitative estimate of drug-likeness (QED) is 0.809. The highest BCUT2D eigenvalue weighted by molar-refractivity contribution is 5.85. The minimum absolute atomic E-state index is 0. The van der Waals surface area contributed by atoms with E-state index in [1.165, 1.54) is 5.56 Å². The van der Waals surface area contributed by atoms with Crippen LogP contribution in [0.25, 0.3) is 0 Å². The lowest BCUT2D eigenvalue weighted by Gasteiger charge is -2.27. The van der Waals surface area contributed by atoms with Crippen molar-refractivity contribution < 1.29 is 4.74 Å². The molecule has 0 radical (unpaired) electrons. The minimum Gasteiger partial charge on any atom is -0.497 e. The van der Waals surface area contributed by atoms with Gasteiger partial charge in [0.2, 0.25) is 5.95 Å². The van der Waals surface area contributed by atoms with Crippen molar-refractivity contribution in [2.75, 3.05) is 51.1 Å². The summed E-state index contributed by atoms with van der Waals surface area (Å²) in [6, 6.07) is 10.9. The van der Waals surface area contributed by atoms with Crippen molar-refractivity contribution in [3.63, 3.8) is 0 Å². The number of hydrogen-bond donors (Lipinski definition) is 1. The standard InChI is InChI=1S/C20H27N5O.2ClH/c1-13-9-18(21-2)23-20(22-13)25-11-15-10-24(3)19(17(15)12-25)14-5-7-16(26-4)8-6-14;;/h5-9,15,17,19H,10-12H2,1-4H3,(H,21,22,23);2*1H/t15-,17+,19+;;/m0../s1. The third-order valence-electron chi connectivity index (χ3n) is 5.73. The number of methoxy groups -OCH3 is 1. The molecule has 3 atom stereocenters. The average Bonchev–Trinajstić information content (AvgIpc) is 3.18. The first-order chi connectivity index (χ1) is 12.6. The lowest BCUT2D eigenvalue weighted by molar-refractivity contribution is 0.279. The molecule has 3 heterocycles. The van der Waals surface area contributed by atoms with Crippen molar-refractivity contribution in [2.24, 2.45) is 11.8 Å². The van der Waals surface area contributed by atoms with Crippen LogP contribution in [-0.2, 0) is 0 Å². The Morgan fingerprint density at radius 1 is 1.07 bits per heavy atom. The van der Waals surface area contributed by atoms with E-state index in [-0.39, 0.29) is 24.8 Å². The fourth-order valence-corrected chi connectivity index (χ4v) is 4.55. The molecule has 1 N–H and O–H groups in total. The van der Waals surface area contributed by atoms with E-state index in [0.29, 0.717) is 17.9 Å². The highest BCUT2D eigenvalue weighted by Gasteiger charge is 2.46. The summed E-state index contributed by atoms with van der Waals surface area (Å²) in [7, 11) is 5.85. The molecule has 0 saturated carbocycles. The van der Waals surface area contributed by atoms with Gasteiger partial charge >= 0.3 is 0 Å². The van der Waals surface area contributed by atoms with Crippen LogP contribution in [0.2, 0.25) is 0 Å². The van der Waals surface area contributed by atoms with Gasteiger partial charge in [-0.2, -0.15) is 4.98 Å². The first-order valence-corrected chi connectivity index (χ1v) is 9.21. The second-order valence-corrected chi connectivity index (χ2v) is 7.43. The predicted octanol–water partition coefficient (Wildman–Crippen LogP) is 3.42. The zero-order valence-electron chi connectivity index (χ0n) is 16.8. The largest absolute Gasteiger partial charge is 0.497 e. The Morgan fingerprint density at radius 3 is 2.43 bits per heavy atom. The summed E-state index contributed by atoms with van der Waals surface area (Å²) >= 11 is 0. The maximum Gasteiger partial charge on any atom is 0.227 e. The predicted molar refractivity (Wildman–Crippen MR) is 118 cm³/mol. The van der Waals surface area contributed by atoms with E-state index in [4.69, 9.17) is 4.74 Å². The average molecular weight is 426 g/mol. The van der Waals surface area contributed by atoms with Crippen LogP contribution in [-0.4, -0.2) is 55.7 Å². The van der Waals surface area contributed by atoms with Gasteiger partial charge in [-0.15, -0.1) is 24.8 Å². The van der Waals surface area contributed by atoms with Crippen molar-refractivity contribution in [2.45, 2.75) is 13.0 Å². The van der Waals surface area contributed by atoms with Crippen LogP contribution in [0.4, 0.5) is 11.8 Å². The van der Waals surface area contributed by atoms with Gasteiger partial charge in [0.1, 0.15) is 11.6 Å². The first kappa shape index (κ1) is 22.5. The van der Waals surface area contributed by atoms with E-state index in [9.17, 15) is 0 Å². The van der Waals surface area contributed by atoms with E-state index in [2.05, 4.69) is 56.4 Å². The number of aromatic nitrogens is 2. The molecule has 2 fully saturated rings. The third kappa shape index (κ3) is 4.14. The third-order valence-corrected chi connectivity index (χ3v) is 5.73. The van der Waals surface area contributed by atoms with Crippen LogP contribution < -0.4 is 15.0 Å². The Balaban J connectivity index is 0.00000140. The van der Waals surface area contributed by atoms with Crippen LogP contribution in [0, 0.1) is 18.8 Å². The van der Waals surface area contributed by atoms with E-state index in [1.807, 2.05) is 20.0 Å². The summed E-state index contributed by atoms with van der Waals surface area (Å²) in [5.74, 6) is 3.88. The van der Waals surface area contributed by atoms with Gasteiger partial charge in [0.15, 0.2) is 0 Å². The number of aryl methyl sites for hydroxylation is 1. The van der Waals surface area contributed by atoms with Crippen LogP contribution in [0.15, 0.2) is 30.3 Å². The summed E-state index contributed by atoms with van der Waals surface area (Å²) in [4.78, 5) is 14.2. The molecule has 154 valence electrons. The number of anilines is 2. The molecular weight excluding hydrogens is 397 g/mol. The number of ether oxygens (including phenoxy) is 1. The van der Waals surface area contributed by atoms with Gasteiger partial charge in [0.25, 0.3) is 0 Å². The number of likely N-dealkylation sites (tertiary alicyclic amines) is 1. The van der Waals surface area contributed by atoms with E-state index in [0.717, 1.165) is 42.8 Å². The molecule has 0 unspecified atom stereocenters. The second kappa shape index (κ2) is 9.16. The zero-order chi connectivity index (χ0) is 18.3. The number of nitrogens with one attached hydrogen (secondary N) is 1.